The minimum Gasteiger partial charge on any atom is -0.309 e. The summed E-state index contributed by atoms with van der Waals surface area (Å²) in [4.78, 5) is 9.09. The van der Waals surface area contributed by atoms with E-state index in [-0.39, 0.29) is 0 Å². The Balaban J connectivity index is 2.70. The van der Waals surface area contributed by atoms with E-state index in [0.717, 1.165) is 35.4 Å². The molecule has 0 unspecified atom stereocenters. The number of nitrogens with zero attached hydrogens (tertiary/aromatic N) is 3. The third-order valence-corrected chi connectivity index (χ3v) is 3.52. The van der Waals surface area contributed by atoms with Crippen LogP contribution in [0.2, 0.25) is 0 Å². The third kappa shape index (κ3) is 2.04. The second-order valence-corrected chi connectivity index (χ2v) is 4.57. The molecule has 0 atom stereocenters. The molecule has 0 bridgehead atoms. The van der Waals surface area contributed by atoms with Crippen LogP contribution in [0.3, 0.4) is 0 Å². The van der Waals surface area contributed by atoms with Gasteiger partial charge in [-0.3, -0.25) is 0 Å². The van der Waals surface area contributed by atoms with Crippen molar-refractivity contribution in [1.82, 2.24) is 14.5 Å². The van der Waals surface area contributed by atoms with Gasteiger partial charge in [0, 0.05) is 12.2 Å². The second kappa shape index (κ2) is 5.05. The highest BCUT2D eigenvalue weighted by atomic mass is 35.5. The first-order valence-electron chi connectivity index (χ1n) is 6.11. The Hall–Kier alpha value is -1.09. The van der Waals surface area contributed by atoms with Crippen LogP contribution in [-0.4, -0.2) is 14.5 Å². The van der Waals surface area contributed by atoms with E-state index >= 15 is 0 Å². The first kappa shape index (κ1) is 12.4. The highest BCUT2D eigenvalue weighted by molar-refractivity contribution is 6.16. The van der Waals surface area contributed by atoms with Crippen LogP contribution >= 0.6 is 11.6 Å². The fraction of sp³-hybridized carbons (Fsp3) is 0.538. The average Bonchev–Trinajstić information content (AvgIpc) is 2.72. The molecule has 0 saturated heterocycles. The monoisotopic (exact) mass is 251 g/mol. The van der Waals surface area contributed by atoms with Crippen molar-refractivity contribution in [3.63, 3.8) is 0 Å². The highest BCUT2D eigenvalue weighted by Crippen LogP contribution is 2.26. The number of pyridine rings is 1. The molecule has 0 amide bonds. The number of hydrogen-bond acceptors (Lipinski definition) is 2. The van der Waals surface area contributed by atoms with E-state index in [9.17, 15) is 0 Å². The maximum Gasteiger partial charge on any atom is 0.160 e. The summed E-state index contributed by atoms with van der Waals surface area (Å²) in [6.07, 6.45) is 3.99. The van der Waals surface area contributed by atoms with E-state index in [1.54, 1.807) is 0 Å². The van der Waals surface area contributed by atoms with Crippen LogP contribution in [0.5, 0.6) is 0 Å². The van der Waals surface area contributed by atoms with Gasteiger partial charge >= 0.3 is 0 Å². The minimum absolute atomic E-state index is 0.433. The molecule has 0 N–H and O–H groups in total. The highest BCUT2D eigenvalue weighted by Gasteiger charge is 2.17. The molecular formula is C13H18ClN3. The molecule has 0 aliphatic rings. The van der Waals surface area contributed by atoms with E-state index in [4.69, 9.17) is 11.6 Å². The van der Waals surface area contributed by atoms with E-state index < -0.39 is 0 Å². The van der Waals surface area contributed by atoms with Gasteiger partial charge in [-0.15, -0.1) is 11.6 Å². The van der Waals surface area contributed by atoms with Gasteiger partial charge in [-0.2, -0.15) is 0 Å². The zero-order chi connectivity index (χ0) is 12.4. The number of hydrogen-bond donors (Lipinski definition) is 0. The SMILES string of the molecule is CCC(CC)n1c(CCl)nc2c(C)ccnc21. The molecule has 2 aromatic rings. The molecule has 92 valence electrons. The van der Waals surface area contributed by atoms with Gasteiger partial charge in [0.25, 0.3) is 0 Å². The summed E-state index contributed by atoms with van der Waals surface area (Å²) in [5.74, 6) is 1.36. The van der Waals surface area contributed by atoms with Crippen molar-refractivity contribution in [3.05, 3.63) is 23.7 Å². The fourth-order valence-electron chi connectivity index (χ4n) is 2.29. The number of aromatic nitrogens is 3. The molecule has 2 heterocycles. The molecule has 0 saturated carbocycles. The number of alkyl halides is 1. The van der Waals surface area contributed by atoms with Crippen LogP contribution in [0.4, 0.5) is 0 Å². The summed E-state index contributed by atoms with van der Waals surface area (Å²) in [6.45, 7) is 6.44. The predicted molar refractivity (Wildman–Crippen MR) is 71.4 cm³/mol. The molecule has 17 heavy (non-hydrogen) atoms. The van der Waals surface area contributed by atoms with Crippen LogP contribution in [0.15, 0.2) is 12.3 Å². The summed E-state index contributed by atoms with van der Waals surface area (Å²) >= 11 is 6.00. The molecule has 3 nitrogen and oxygen atoms in total. The Morgan fingerprint density at radius 2 is 2.06 bits per heavy atom. The zero-order valence-corrected chi connectivity index (χ0v) is 11.3. The first-order valence-corrected chi connectivity index (χ1v) is 6.64. The summed E-state index contributed by atoms with van der Waals surface area (Å²) in [5, 5.41) is 0. The molecule has 4 heteroatoms. The molecule has 0 aromatic carbocycles. The van der Waals surface area contributed by atoms with Crippen LogP contribution in [0.1, 0.15) is 44.1 Å². The van der Waals surface area contributed by atoms with Crippen molar-refractivity contribution >= 4 is 22.8 Å². The number of imidazole rings is 1. The van der Waals surface area contributed by atoms with Crippen LogP contribution in [0, 0.1) is 6.92 Å². The second-order valence-electron chi connectivity index (χ2n) is 4.30. The summed E-state index contributed by atoms with van der Waals surface area (Å²) in [7, 11) is 0. The van der Waals surface area contributed by atoms with Crippen LogP contribution in [-0.2, 0) is 5.88 Å². The van der Waals surface area contributed by atoms with Gasteiger partial charge in [0.1, 0.15) is 11.3 Å². The number of fused-ring (bicyclic) bond motifs is 1. The molecule has 2 aromatic heterocycles. The predicted octanol–water partition coefficient (Wildman–Crippen LogP) is 3.84. The van der Waals surface area contributed by atoms with Crippen molar-refractivity contribution in [2.24, 2.45) is 0 Å². The largest absolute Gasteiger partial charge is 0.309 e. The van der Waals surface area contributed by atoms with Crippen molar-refractivity contribution in [3.8, 4) is 0 Å². The van der Waals surface area contributed by atoms with Gasteiger partial charge in [0.15, 0.2) is 5.65 Å². The lowest BCUT2D eigenvalue weighted by molar-refractivity contribution is 0.469. The first-order chi connectivity index (χ1) is 8.22. The Morgan fingerprint density at radius 3 is 2.65 bits per heavy atom. The molecule has 2 rings (SSSR count). The van der Waals surface area contributed by atoms with Gasteiger partial charge < -0.3 is 4.57 Å². The smallest absolute Gasteiger partial charge is 0.160 e. The lowest BCUT2D eigenvalue weighted by atomic mass is 10.1. The van der Waals surface area contributed by atoms with Gasteiger partial charge in [-0.05, 0) is 31.4 Å². The number of halogens is 1. The molecule has 0 fully saturated rings. The quantitative estimate of drug-likeness (QED) is 0.773. The average molecular weight is 252 g/mol. The van der Waals surface area contributed by atoms with Gasteiger partial charge in [-0.25, -0.2) is 9.97 Å². The Morgan fingerprint density at radius 1 is 1.35 bits per heavy atom. The molecule has 0 spiro atoms. The van der Waals surface area contributed by atoms with Crippen molar-refractivity contribution in [2.45, 2.75) is 45.5 Å². The Kier molecular flexibility index (Phi) is 3.67. The lowest BCUT2D eigenvalue weighted by Crippen LogP contribution is -2.10. The van der Waals surface area contributed by atoms with E-state index in [0.29, 0.717) is 11.9 Å². The lowest BCUT2D eigenvalue weighted by Gasteiger charge is -2.17. The van der Waals surface area contributed by atoms with E-state index in [1.165, 1.54) is 0 Å². The number of aryl methyl sites for hydroxylation is 1. The van der Waals surface area contributed by atoms with Gasteiger partial charge in [0.2, 0.25) is 0 Å². The zero-order valence-electron chi connectivity index (χ0n) is 10.6. The Labute approximate surface area is 107 Å². The molecule has 0 aliphatic heterocycles. The maximum absolute atomic E-state index is 6.00. The normalized spacial score (nSPS) is 11.6. The van der Waals surface area contributed by atoms with E-state index in [2.05, 4.69) is 35.3 Å². The number of rotatable bonds is 4. The fourth-order valence-corrected chi connectivity index (χ4v) is 2.48. The topological polar surface area (TPSA) is 30.7 Å². The third-order valence-electron chi connectivity index (χ3n) is 3.28. The molecule has 0 radical (unpaired) electrons. The molecule has 0 aliphatic carbocycles. The van der Waals surface area contributed by atoms with Crippen LogP contribution in [0.25, 0.3) is 11.2 Å². The van der Waals surface area contributed by atoms with Crippen molar-refractivity contribution in [2.75, 3.05) is 0 Å². The van der Waals surface area contributed by atoms with Crippen molar-refractivity contribution < 1.29 is 0 Å². The summed E-state index contributed by atoms with van der Waals surface area (Å²) in [5.41, 5.74) is 3.11. The Bertz CT molecular complexity index is 515. The maximum atomic E-state index is 6.00. The minimum atomic E-state index is 0.433. The van der Waals surface area contributed by atoms with Gasteiger partial charge in [0.05, 0.1) is 5.88 Å². The van der Waals surface area contributed by atoms with E-state index in [1.807, 2.05) is 12.3 Å². The van der Waals surface area contributed by atoms with Crippen LogP contribution < -0.4 is 0 Å². The standard InChI is InChI=1S/C13H18ClN3/c1-4-10(5-2)17-11(8-14)16-12-9(3)6-7-15-13(12)17/h6-7,10H,4-5,8H2,1-3H3. The van der Waals surface area contributed by atoms with Gasteiger partial charge in [-0.1, -0.05) is 13.8 Å². The summed E-state index contributed by atoms with van der Waals surface area (Å²) in [6, 6.07) is 2.42. The summed E-state index contributed by atoms with van der Waals surface area (Å²) < 4.78 is 2.20. The van der Waals surface area contributed by atoms with Crippen molar-refractivity contribution in [1.29, 1.82) is 0 Å². The molecular weight excluding hydrogens is 234 g/mol.